The molecule has 9 heteroatoms. The number of benzene rings is 2. The van der Waals surface area contributed by atoms with Gasteiger partial charge in [-0.25, -0.2) is 4.98 Å². The van der Waals surface area contributed by atoms with E-state index >= 15 is 0 Å². The highest BCUT2D eigenvalue weighted by Gasteiger charge is 2.49. The number of nitrogens with zero attached hydrogens (tertiary/aromatic N) is 3. The lowest BCUT2D eigenvalue weighted by Crippen LogP contribution is -2.63. The quantitative estimate of drug-likeness (QED) is 0.328. The Kier molecular flexibility index (Phi) is 8.90. The molecule has 2 amide bonds. The second-order valence-corrected chi connectivity index (χ2v) is 10.3. The van der Waals surface area contributed by atoms with E-state index in [0.29, 0.717) is 48.3 Å². The van der Waals surface area contributed by atoms with Crippen LogP contribution in [0.1, 0.15) is 49.0 Å². The van der Waals surface area contributed by atoms with Crippen molar-refractivity contribution in [2.45, 2.75) is 50.7 Å². The molecule has 0 spiro atoms. The van der Waals surface area contributed by atoms with Crippen LogP contribution in [-0.2, 0) is 32.8 Å². The summed E-state index contributed by atoms with van der Waals surface area (Å²) in [6.07, 6.45) is 6.41. The number of aryl methyl sites for hydroxylation is 1. The molecule has 1 saturated heterocycles. The van der Waals surface area contributed by atoms with E-state index in [1.807, 2.05) is 29.2 Å². The minimum atomic E-state index is -0.571. The summed E-state index contributed by atoms with van der Waals surface area (Å²) in [6.45, 7) is 3.70. The number of carbonyl (C=O) groups is 2. The molecule has 0 saturated carbocycles. The van der Waals surface area contributed by atoms with Gasteiger partial charge in [0.15, 0.2) is 0 Å². The van der Waals surface area contributed by atoms with Crippen LogP contribution in [0.4, 0.5) is 0 Å². The number of hydrogen-bond acceptors (Lipinski definition) is 4. The molecule has 2 aromatic carbocycles. The first-order chi connectivity index (χ1) is 17.8. The molecule has 196 valence electrons. The highest BCUT2D eigenvalue weighted by atomic mass is 35.5. The van der Waals surface area contributed by atoms with E-state index in [1.54, 1.807) is 29.2 Å². The lowest BCUT2D eigenvalue weighted by molar-refractivity contribution is -0.176. The monoisotopic (exact) mass is 542 g/mol. The fourth-order valence-corrected chi connectivity index (χ4v) is 5.08. The summed E-state index contributed by atoms with van der Waals surface area (Å²) in [6, 6.07) is 14.8. The highest BCUT2D eigenvalue weighted by Crippen LogP contribution is 2.38. The van der Waals surface area contributed by atoms with Crippen LogP contribution in [0.5, 0.6) is 0 Å². The number of ether oxygens (including phenoxy) is 1. The summed E-state index contributed by atoms with van der Waals surface area (Å²) in [5.41, 5.74) is 7.36. The molecule has 4 rings (SSSR count). The van der Waals surface area contributed by atoms with Crippen molar-refractivity contribution in [3.63, 3.8) is 0 Å². The van der Waals surface area contributed by atoms with Gasteiger partial charge < -0.3 is 19.9 Å². The molecule has 0 aliphatic carbocycles. The van der Waals surface area contributed by atoms with Gasteiger partial charge in [0.1, 0.15) is 11.6 Å². The molecule has 0 bridgehead atoms. The minimum Gasteiger partial charge on any atom is -0.370 e. The molecule has 1 fully saturated rings. The summed E-state index contributed by atoms with van der Waals surface area (Å²) in [4.78, 5) is 31.4. The van der Waals surface area contributed by atoms with Gasteiger partial charge in [-0.2, -0.15) is 0 Å². The standard InChI is InChI=1S/C28H32Cl2N4O3/c1-2-3-13-37-28(21-7-5-4-6-8-21)17-34(18-28)27(36)25(14-20-9-10-22(29)15-24(20)30)33-16-23(32-19-33)11-12-26(31)35/h4-10,15-16,19,25H,2-3,11-14,17-18H2,1H3,(H2,31,35)/t25-/m1/s1. The van der Waals surface area contributed by atoms with E-state index in [0.717, 1.165) is 24.0 Å². The molecule has 1 aliphatic rings. The number of nitrogens with two attached hydrogens (primary N) is 1. The average molecular weight is 543 g/mol. The van der Waals surface area contributed by atoms with Crippen molar-refractivity contribution < 1.29 is 14.3 Å². The second kappa shape index (κ2) is 12.1. The molecule has 0 unspecified atom stereocenters. The van der Waals surface area contributed by atoms with Crippen LogP contribution in [0.15, 0.2) is 61.1 Å². The number of halogens is 2. The first-order valence-corrected chi connectivity index (χ1v) is 13.3. The fraction of sp³-hybridized carbons (Fsp3) is 0.393. The first kappa shape index (κ1) is 27.2. The molecular formula is C28H32Cl2N4O3. The molecule has 3 aromatic rings. The molecule has 1 aromatic heterocycles. The largest absolute Gasteiger partial charge is 0.370 e. The second-order valence-electron chi connectivity index (χ2n) is 9.49. The summed E-state index contributed by atoms with van der Waals surface area (Å²) < 4.78 is 8.17. The predicted octanol–water partition coefficient (Wildman–Crippen LogP) is 4.95. The molecule has 1 aliphatic heterocycles. The number of imidazole rings is 1. The van der Waals surface area contributed by atoms with E-state index < -0.39 is 17.6 Å². The van der Waals surface area contributed by atoms with Crippen molar-refractivity contribution in [2.75, 3.05) is 19.7 Å². The number of likely N-dealkylation sites (tertiary alicyclic amines) is 1. The van der Waals surface area contributed by atoms with Gasteiger partial charge in [-0.05, 0) is 36.1 Å². The van der Waals surface area contributed by atoms with Crippen LogP contribution >= 0.6 is 23.2 Å². The Bertz CT molecular complexity index is 1230. The van der Waals surface area contributed by atoms with Gasteiger partial charge in [0.25, 0.3) is 0 Å². The summed E-state index contributed by atoms with van der Waals surface area (Å²) in [7, 11) is 0. The summed E-state index contributed by atoms with van der Waals surface area (Å²) in [5.74, 6) is -0.438. The Morgan fingerprint density at radius 3 is 2.59 bits per heavy atom. The van der Waals surface area contributed by atoms with Crippen LogP contribution in [0.2, 0.25) is 10.0 Å². The van der Waals surface area contributed by atoms with Crippen LogP contribution in [0, 0.1) is 0 Å². The molecule has 0 radical (unpaired) electrons. The minimum absolute atomic E-state index is 0.0458. The number of amides is 2. The molecular weight excluding hydrogens is 511 g/mol. The number of unbranched alkanes of at least 4 members (excludes halogenated alkanes) is 1. The van der Waals surface area contributed by atoms with Gasteiger partial charge in [-0.15, -0.1) is 0 Å². The maximum Gasteiger partial charge on any atom is 0.246 e. The molecule has 7 nitrogen and oxygen atoms in total. The van der Waals surface area contributed by atoms with E-state index in [9.17, 15) is 9.59 Å². The van der Waals surface area contributed by atoms with E-state index in [2.05, 4.69) is 24.0 Å². The lowest BCUT2D eigenvalue weighted by atomic mass is 9.84. The van der Waals surface area contributed by atoms with Crippen molar-refractivity contribution in [2.24, 2.45) is 5.73 Å². The molecule has 2 heterocycles. The van der Waals surface area contributed by atoms with E-state index in [1.165, 1.54) is 0 Å². The van der Waals surface area contributed by atoms with Gasteiger partial charge in [0.2, 0.25) is 11.8 Å². The Labute approximate surface area is 227 Å². The van der Waals surface area contributed by atoms with Crippen molar-refractivity contribution in [3.8, 4) is 0 Å². The van der Waals surface area contributed by atoms with Crippen molar-refractivity contribution >= 4 is 35.0 Å². The normalized spacial score (nSPS) is 15.3. The van der Waals surface area contributed by atoms with Crippen LogP contribution in [0.25, 0.3) is 0 Å². The lowest BCUT2D eigenvalue weighted by Gasteiger charge is -2.51. The van der Waals surface area contributed by atoms with Crippen molar-refractivity contribution in [1.29, 1.82) is 0 Å². The Morgan fingerprint density at radius 1 is 1.16 bits per heavy atom. The number of carbonyl (C=O) groups excluding carboxylic acids is 2. The third-order valence-corrected chi connectivity index (χ3v) is 7.32. The van der Waals surface area contributed by atoms with Crippen LogP contribution in [0.3, 0.4) is 0 Å². The summed E-state index contributed by atoms with van der Waals surface area (Å²) in [5, 5.41) is 1.04. The third kappa shape index (κ3) is 6.53. The summed E-state index contributed by atoms with van der Waals surface area (Å²) >= 11 is 12.6. The van der Waals surface area contributed by atoms with Gasteiger partial charge in [0, 0.05) is 35.7 Å². The zero-order valence-corrected chi connectivity index (χ0v) is 22.4. The zero-order valence-electron chi connectivity index (χ0n) is 20.9. The predicted molar refractivity (Wildman–Crippen MR) is 145 cm³/mol. The maximum absolute atomic E-state index is 13.9. The molecule has 1 atom stereocenters. The van der Waals surface area contributed by atoms with Gasteiger partial charge in [0.05, 0.1) is 25.1 Å². The number of aromatic nitrogens is 2. The zero-order chi connectivity index (χ0) is 26.4. The first-order valence-electron chi connectivity index (χ1n) is 12.5. The third-order valence-electron chi connectivity index (χ3n) is 6.74. The fourth-order valence-electron chi connectivity index (χ4n) is 4.59. The Morgan fingerprint density at radius 2 is 1.92 bits per heavy atom. The molecule has 2 N–H and O–H groups in total. The van der Waals surface area contributed by atoms with E-state index in [4.69, 9.17) is 33.7 Å². The number of hydrogen-bond donors (Lipinski definition) is 1. The number of primary amides is 1. The maximum atomic E-state index is 13.9. The highest BCUT2D eigenvalue weighted by molar-refractivity contribution is 6.35. The topological polar surface area (TPSA) is 90.4 Å². The molecule has 37 heavy (non-hydrogen) atoms. The van der Waals surface area contributed by atoms with Crippen molar-refractivity contribution in [3.05, 3.63) is 87.9 Å². The van der Waals surface area contributed by atoms with E-state index in [-0.39, 0.29) is 12.3 Å². The SMILES string of the molecule is CCCCOC1(c2ccccc2)CN(C(=O)[C@@H](Cc2ccc(Cl)cc2Cl)n2cnc(CCC(N)=O)c2)C1. The van der Waals surface area contributed by atoms with Gasteiger partial charge >= 0.3 is 0 Å². The Balaban J connectivity index is 1.57. The van der Waals surface area contributed by atoms with Crippen LogP contribution in [-0.4, -0.2) is 46.0 Å². The number of rotatable bonds is 12. The van der Waals surface area contributed by atoms with Crippen molar-refractivity contribution in [1.82, 2.24) is 14.5 Å². The van der Waals surface area contributed by atoms with Crippen LogP contribution < -0.4 is 5.73 Å². The van der Waals surface area contributed by atoms with Gasteiger partial charge in [-0.1, -0.05) is 72.9 Å². The average Bonchev–Trinajstić information content (AvgIpc) is 3.33. The van der Waals surface area contributed by atoms with Gasteiger partial charge in [-0.3, -0.25) is 9.59 Å². The smallest absolute Gasteiger partial charge is 0.246 e. The Hall–Kier alpha value is -2.87.